The Balaban J connectivity index is 1.85. The molecular formula is C20H23NO3S. The smallest absolute Gasteiger partial charge is 0.340 e. The minimum absolute atomic E-state index is 0.121. The quantitative estimate of drug-likeness (QED) is 0.768. The van der Waals surface area contributed by atoms with Gasteiger partial charge in [0, 0.05) is 28.4 Å². The van der Waals surface area contributed by atoms with Crippen molar-refractivity contribution < 1.29 is 14.3 Å². The van der Waals surface area contributed by atoms with Gasteiger partial charge in [-0.3, -0.25) is 4.79 Å². The van der Waals surface area contributed by atoms with Crippen molar-refractivity contribution in [2.45, 2.75) is 39.2 Å². The predicted octanol–water partition coefficient (Wildman–Crippen LogP) is 4.28. The second-order valence-corrected chi connectivity index (χ2v) is 7.87. The van der Waals surface area contributed by atoms with E-state index in [1.165, 1.54) is 0 Å². The fraction of sp³-hybridized carbons (Fsp3) is 0.400. The molecule has 0 radical (unpaired) electrons. The van der Waals surface area contributed by atoms with Gasteiger partial charge in [0.1, 0.15) is 0 Å². The molecule has 5 heteroatoms. The molecule has 1 aliphatic heterocycles. The molecule has 0 spiro atoms. The molecule has 0 bridgehead atoms. The third kappa shape index (κ3) is 4.10. The van der Waals surface area contributed by atoms with Crippen molar-refractivity contribution in [2.75, 3.05) is 13.1 Å². The van der Waals surface area contributed by atoms with Crippen molar-refractivity contribution >= 4 is 23.2 Å². The van der Waals surface area contributed by atoms with Crippen LogP contribution in [0.4, 0.5) is 0 Å². The molecule has 0 N–H and O–H groups in total. The van der Waals surface area contributed by atoms with Crippen LogP contribution in [0.3, 0.4) is 0 Å². The molecule has 0 saturated carbocycles. The molecule has 1 aliphatic rings. The number of nitrogens with zero attached hydrogens (tertiary/aromatic N) is 1. The number of esters is 1. The standard InChI is InChI=1S/C20H23NO3S/c1-14-13-17(15(2)25-14)20(23)24-18(16-9-5-3-6-10-16)19(22)21-11-7-4-8-12-21/h3,5-6,9-10,13,18H,4,7-8,11-12H2,1-2H3/t18-/m1/s1. The number of carbonyl (C=O) groups is 2. The maximum absolute atomic E-state index is 13.0. The van der Waals surface area contributed by atoms with Gasteiger partial charge in [-0.25, -0.2) is 4.79 Å². The molecule has 0 aliphatic carbocycles. The normalized spacial score (nSPS) is 15.7. The Morgan fingerprint density at radius 2 is 1.76 bits per heavy atom. The van der Waals surface area contributed by atoms with E-state index in [2.05, 4.69) is 0 Å². The molecule has 4 nitrogen and oxygen atoms in total. The molecule has 0 unspecified atom stereocenters. The number of benzene rings is 1. The van der Waals surface area contributed by atoms with Gasteiger partial charge in [0.05, 0.1) is 5.56 Å². The van der Waals surface area contributed by atoms with Crippen LogP contribution in [0.15, 0.2) is 36.4 Å². The average molecular weight is 357 g/mol. The number of hydrogen-bond acceptors (Lipinski definition) is 4. The van der Waals surface area contributed by atoms with Crippen molar-refractivity contribution in [1.29, 1.82) is 0 Å². The van der Waals surface area contributed by atoms with Gasteiger partial charge >= 0.3 is 5.97 Å². The summed E-state index contributed by atoms with van der Waals surface area (Å²) in [5.74, 6) is -0.551. The van der Waals surface area contributed by atoms with Crippen LogP contribution < -0.4 is 0 Å². The number of aryl methyl sites for hydroxylation is 2. The van der Waals surface area contributed by atoms with E-state index in [9.17, 15) is 9.59 Å². The first-order valence-corrected chi connectivity index (χ1v) is 9.49. The average Bonchev–Trinajstić information content (AvgIpc) is 2.99. The zero-order chi connectivity index (χ0) is 17.8. The van der Waals surface area contributed by atoms with Crippen LogP contribution in [-0.4, -0.2) is 29.9 Å². The van der Waals surface area contributed by atoms with Crippen LogP contribution in [0, 0.1) is 13.8 Å². The fourth-order valence-corrected chi connectivity index (χ4v) is 4.08. The number of carbonyl (C=O) groups excluding carboxylic acids is 2. The molecular weight excluding hydrogens is 334 g/mol. The molecule has 1 atom stereocenters. The third-order valence-electron chi connectivity index (χ3n) is 4.48. The lowest BCUT2D eigenvalue weighted by Gasteiger charge is -2.30. The Hall–Kier alpha value is -2.14. The Morgan fingerprint density at radius 3 is 2.36 bits per heavy atom. The van der Waals surface area contributed by atoms with Gasteiger partial charge < -0.3 is 9.64 Å². The number of hydrogen-bond donors (Lipinski definition) is 0. The van der Waals surface area contributed by atoms with Crippen molar-refractivity contribution in [1.82, 2.24) is 4.90 Å². The van der Waals surface area contributed by atoms with E-state index in [1.54, 1.807) is 11.3 Å². The van der Waals surface area contributed by atoms with E-state index in [0.29, 0.717) is 5.56 Å². The van der Waals surface area contributed by atoms with Crippen LogP contribution >= 0.6 is 11.3 Å². The van der Waals surface area contributed by atoms with E-state index in [-0.39, 0.29) is 5.91 Å². The highest BCUT2D eigenvalue weighted by Crippen LogP contribution is 2.27. The molecule has 2 aromatic rings. The maximum atomic E-state index is 13.0. The van der Waals surface area contributed by atoms with Gasteiger partial charge in [-0.15, -0.1) is 11.3 Å². The van der Waals surface area contributed by atoms with E-state index >= 15 is 0 Å². The summed E-state index contributed by atoms with van der Waals surface area (Å²) in [7, 11) is 0. The molecule has 1 saturated heterocycles. The van der Waals surface area contributed by atoms with Crippen molar-refractivity contribution in [3.05, 3.63) is 57.3 Å². The largest absolute Gasteiger partial charge is 0.444 e. The summed E-state index contributed by atoms with van der Waals surface area (Å²) in [6, 6.07) is 11.1. The molecule has 3 rings (SSSR count). The summed E-state index contributed by atoms with van der Waals surface area (Å²) in [5, 5.41) is 0. The minimum atomic E-state index is -0.883. The topological polar surface area (TPSA) is 46.6 Å². The summed E-state index contributed by atoms with van der Waals surface area (Å²) < 4.78 is 5.71. The number of thiophene rings is 1. The maximum Gasteiger partial charge on any atom is 0.340 e. The molecule has 1 aromatic heterocycles. The van der Waals surface area contributed by atoms with E-state index < -0.39 is 12.1 Å². The van der Waals surface area contributed by atoms with Crippen molar-refractivity contribution in [3.8, 4) is 0 Å². The molecule has 2 heterocycles. The van der Waals surface area contributed by atoms with Gasteiger partial charge in [-0.1, -0.05) is 30.3 Å². The van der Waals surface area contributed by atoms with Crippen molar-refractivity contribution in [3.63, 3.8) is 0 Å². The lowest BCUT2D eigenvalue weighted by molar-refractivity contribution is -0.142. The Bertz CT molecular complexity index is 748. The zero-order valence-electron chi connectivity index (χ0n) is 14.7. The second-order valence-electron chi connectivity index (χ2n) is 6.41. The Kier molecular flexibility index (Phi) is 5.53. The highest BCUT2D eigenvalue weighted by molar-refractivity contribution is 7.12. The third-order valence-corrected chi connectivity index (χ3v) is 5.45. The van der Waals surface area contributed by atoms with Crippen molar-refractivity contribution in [2.24, 2.45) is 0 Å². The van der Waals surface area contributed by atoms with Gasteiger partial charge in [-0.2, -0.15) is 0 Å². The molecule has 1 amide bonds. The van der Waals surface area contributed by atoms with Gasteiger partial charge in [0.15, 0.2) is 0 Å². The number of rotatable bonds is 4. The highest BCUT2D eigenvalue weighted by Gasteiger charge is 2.31. The Morgan fingerprint density at radius 1 is 1.08 bits per heavy atom. The lowest BCUT2D eigenvalue weighted by Crippen LogP contribution is -2.40. The van der Waals surface area contributed by atoms with Crippen LogP contribution in [0.2, 0.25) is 0 Å². The summed E-state index contributed by atoms with van der Waals surface area (Å²) in [6.07, 6.45) is 2.27. The zero-order valence-corrected chi connectivity index (χ0v) is 15.5. The first-order valence-electron chi connectivity index (χ1n) is 8.68. The first-order chi connectivity index (χ1) is 12.1. The fourth-order valence-electron chi connectivity index (χ4n) is 3.17. The summed E-state index contributed by atoms with van der Waals surface area (Å²) in [5.41, 5.74) is 1.27. The minimum Gasteiger partial charge on any atom is -0.444 e. The molecule has 25 heavy (non-hydrogen) atoms. The SMILES string of the molecule is Cc1cc(C(=O)O[C@@H](C(=O)N2CCCCC2)c2ccccc2)c(C)s1. The molecule has 1 fully saturated rings. The molecule has 132 valence electrons. The summed E-state index contributed by atoms with van der Waals surface area (Å²) >= 11 is 1.56. The lowest BCUT2D eigenvalue weighted by atomic mass is 10.1. The van der Waals surface area contributed by atoms with Gasteiger partial charge in [0.25, 0.3) is 5.91 Å². The van der Waals surface area contributed by atoms with Crippen LogP contribution in [0.1, 0.15) is 51.0 Å². The van der Waals surface area contributed by atoms with E-state index in [1.807, 2.05) is 55.1 Å². The van der Waals surface area contributed by atoms with E-state index in [4.69, 9.17) is 4.74 Å². The summed E-state index contributed by atoms with van der Waals surface area (Å²) in [6.45, 7) is 5.33. The summed E-state index contributed by atoms with van der Waals surface area (Å²) in [4.78, 5) is 29.5. The predicted molar refractivity (Wildman–Crippen MR) is 98.8 cm³/mol. The van der Waals surface area contributed by atoms with Crippen LogP contribution in [0.5, 0.6) is 0 Å². The van der Waals surface area contributed by atoms with Crippen LogP contribution in [-0.2, 0) is 9.53 Å². The van der Waals surface area contributed by atoms with E-state index in [0.717, 1.165) is 47.7 Å². The van der Waals surface area contributed by atoms with Gasteiger partial charge in [0.2, 0.25) is 6.10 Å². The van der Waals surface area contributed by atoms with Crippen LogP contribution in [0.25, 0.3) is 0 Å². The number of amides is 1. The van der Waals surface area contributed by atoms with Gasteiger partial charge in [-0.05, 0) is 39.2 Å². The number of ether oxygens (including phenoxy) is 1. The first kappa shape index (κ1) is 17.7. The Labute approximate surface area is 152 Å². The second kappa shape index (κ2) is 7.83. The number of piperidine rings is 1. The molecule has 1 aromatic carbocycles. The number of likely N-dealkylation sites (tertiary alicyclic amines) is 1. The highest BCUT2D eigenvalue weighted by atomic mass is 32.1. The monoisotopic (exact) mass is 357 g/mol.